The molecule has 2 amide bonds. The predicted octanol–water partition coefficient (Wildman–Crippen LogP) is 0.568. The highest BCUT2D eigenvalue weighted by atomic mass is 32.2. The van der Waals surface area contributed by atoms with Gasteiger partial charge in [-0.05, 0) is 30.3 Å². The fourth-order valence-electron chi connectivity index (χ4n) is 3.79. The molecular formula is C21H18N2O7S. The highest BCUT2D eigenvalue weighted by Gasteiger charge is 2.38. The van der Waals surface area contributed by atoms with Crippen molar-refractivity contribution in [2.24, 2.45) is 0 Å². The van der Waals surface area contributed by atoms with Crippen LogP contribution in [0.15, 0.2) is 52.3 Å². The highest BCUT2D eigenvalue weighted by molar-refractivity contribution is 7.91. The monoisotopic (exact) mass is 442 g/mol. The van der Waals surface area contributed by atoms with Gasteiger partial charge in [0.2, 0.25) is 15.7 Å². The van der Waals surface area contributed by atoms with Crippen LogP contribution >= 0.6 is 0 Å². The number of sulfone groups is 1. The molecule has 4 rings (SSSR count). The van der Waals surface area contributed by atoms with Gasteiger partial charge in [-0.2, -0.15) is 0 Å². The number of carbonyl (C=O) groups is 4. The molecule has 2 aromatic rings. The Balaban J connectivity index is 1.74. The molecule has 1 N–H and O–H groups in total. The molecule has 31 heavy (non-hydrogen) atoms. The number of nitrogens with zero attached hydrogens (tertiary/aromatic N) is 1. The number of hydrogen-bond donors (Lipinski definition) is 1. The normalized spacial score (nSPS) is 19.1. The second kappa shape index (κ2) is 7.62. The van der Waals surface area contributed by atoms with Crippen molar-refractivity contribution in [1.29, 1.82) is 0 Å². The van der Waals surface area contributed by atoms with E-state index in [4.69, 9.17) is 0 Å². The van der Waals surface area contributed by atoms with Crippen LogP contribution in [0.3, 0.4) is 0 Å². The summed E-state index contributed by atoms with van der Waals surface area (Å²) in [5.41, 5.74) is 0.0664. The number of methoxy groups -OCH3 is 1. The van der Waals surface area contributed by atoms with Crippen molar-refractivity contribution < 1.29 is 32.3 Å². The first kappa shape index (κ1) is 20.7. The molecule has 0 aliphatic carbocycles. The van der Waals surface area contributed by atoms with Crippen molar-refractivity contribution in [3.8, 4) is 0 Å². The average molecular weight is 442 g/mol. The van der Waals surface area contributed by atoms with Crippen molar-refractivity contribution in [2.45, 2.75) is 22.3 Å². The smallest absolute Gasteiger partial charge is 0.308 e. The number of piperazine rings is 1. The number of hydrogen-bond acceptors (Lipinski definition) is 7. The Morgan fingerprint density at radius 3 is 2.55 bits per heavy atom. The van der Waals surface area contributed by atoms with E-state index in [1.807, 2.05) is 0 Å². The van der Waals surface area contributed by atoms with Gasteiger partial charge in [-0.25, -0.2) is 8.42 Å². The van der Waals surface area contributed by atoms with Crippen LogP contribution in [0, 0.1) is 0 Å². The molecule has 1 saturated heterocycles. The van der Waals surface area contributed by atoms with Crippen LogP contribution in [-0.2, 0) is 24.2 Å². The van der Waals surface area contributed by atoms with E-state index in [1.165, 1.54) is 42.3 Å². The lowest BCUT2D eigenvalue weighted by Gasteiger charge is -2.34. The Labute approximate surface area is 177 Å². The van der Waals surface area contributed by atoms with E-state index in [-0.39, 0.29) is 46.0 Å². The number of benzene rings is 2. The SMILES string of the molecule is COC(=O)CC1C(=O)NCCN1C(=O)c1ccc2c(c1)S(=O)(=O)c1ccccc1C2=O. The lowest BCUT2D eigenvalue weighted by molar-refractivity contribution is -0.145. The minimum atomic E-state index is -4.01. The maximum atomic E-state index is 13.2. The van der Waals surface area contributed by atoms with Crippen LogP contribution in [0.5, 0.6) is 0 Å². The maximum absolute atomic E-state index is 13.2. The number of rotatable bonds is 3. The number of esters is 1. The summed E-state index contributed by atoms with van der Waals surface area (Å²) in [6.45, 7) is 0.329. The predicted molar refractivity (Wildman–Crippen MR) is 106 cm³/mol. The largest absolute Gasteiger partial charge is 0.469 e. The summed E-state index contributed by atoms with van der Waals surface area (Å²) in [6.07, 6.45) is -0.330. The van der Waals surface area contributed by atoms with Gasteiger partial charge in [0.05, 0.1) is 23.3 Å². The second-order valence-corrected chi connectivity index (χ2v) is 9.01. The number of amides is 2. The minimum absolute atomic E-state index is 0.000859. The molecule has 0 radical (unpaired) electrons. The molecule has 0 spiro atoms. The topological polar surface area (TPSA) is 127 Å². The molecule has 0 saturated carbocycles. The van der Waals surface area contributed by atoms with E-state index < -0.39 is 39.4 Å². The van der Waals surface area contributed by atoms with Crippen molar-refractivity contribution >= 4 is 33.4 Å². The van der Waals surface area contributed by atoms with Gasteiger partial charge < -0.3 is 15.0 Å². The van der Waals surface area contributed by atoms with E-state index in [9.17, 15) is 27.6 Å². The minimum Gasteiger partial charge on any atom is -0.469 e. The van der Waals surface area contributed by atoms with Gasteiger partial charge in [0.25, 0.3) is 5.91 Å². The quantitative estimate of drug-likeness (QED) is 0.588. The van der Waals surface area contributed by atoms with Crippen molar-refractivity contribution in [2.75, 3.05) is 20.2 Å². The van der Waals surface area contributed by atoms with Crippen molar-refractivity contribution in [3.05, 3.63) is 59.2 Å². The molecule has 0 aromatic heterocycles. The number of fused-ring (bicyclic) bond motifs is 2. The number of ether oxygens (including phenoxy) is 1. The first-order valence-corrected chi connectivity index (χ1v) is 10.9. The Morgan fingerprint density at radius 1 is 1.10 bits per heavy atom. The summed E-state index contributed by atoms with van der Waals surface area (Å²) in [5.74, 6) is -2.22. The van der Waals surface area contributed by atoms with Crippen LogP contribution in [0.25, 0.3) is 0 Å². The van der Waals surface area contributed by atoms with Crippen LogP contribution in [0.4, 0.5) is 0 Å². The lowest BCUT2D eigenvalue weighted by Crippen LogP contribution is -2.57. The molecule has 9 nitrogen and oxygen atoms in total. The summed E-state index contributed by atoms with van der Waals surface area (Å²) >= 11 is 0. The third-order valence-corrected chi connectivity index (χ3v) is 7.22. The van der Waals surface area contributed by atoms with E-state index in [0.29, 0.717) is 0 Å². The van der Waals surface area contributed by atoms with Gasteiger partial charge in [-0.3, -0.25) is 19.2 Å². The van der Waals surface area contributed by atoms with Gasteiger partial charge in [-0.15, -0.1) is 0 Å². The van der Waals surface area contributed by atoms with Crippen LogP contribution < -0.4 is 5.32 Å². The third kappa shape index (κ3) is 3.38. The summed E-state index contributed by atoms with van der Waals surface area (Å²) in [6, 6.07) is 8.63. The molecule has 1 unspecified atom stereocenters. The standard InChI is InChI=1S/C21H18N2O7S/c1-30-18(24)11-15-20(26)22-8-9-23(15)21(27)12-6-7-14-17(10-12)31(28,29)16-5-3-2-4-13(16)19(14)25/h2-7,10,15H,8-9,11H2,1H3,(H,22,26). The molecule has 2 aliphatic rings. The lowest BCUT2D eigenvalue weighted by atomic mass is 10.00. The van der Waals surface area contributed by atoms with E-state index >= 15 is 0 Å². The zero-order valence-corrected chi connectivity index (χ0v) is 17.3. The van der Waals surface area contributed by atoms with Crippen molar-refractivity contribution in [1.82, 2.24) is 10.2 Å². The maximum Gasteiger partial charge on any atom is 0.308 e. The van der Waals surface area contributed by atoms with Crippen molar-refractivity contribution in [3.63, 3.8) is 0 Å². The molecular weight excluding hydrogens is 424 g/mol. The summed E-state index contributed by atoms with van der Waals surface area (Å²) < 4.78 is 30.8. The van der Waals surface area contributed by atoms with E-state index in [0.717, 1.165) is 6.07 Å². The van der Waals surface area contributed by atoms with Crippen LogP contribution in [0.2, 0.25) is 0 Å². The molecule has 1 fully saturated rings. The summed E-state index contributed by atoms with van der Waals surface area (Å²) in [4.78, 5) is 50.7. The van der Waals surface area contributed by atoms with Crippen LogP contribution in [0.1, 0.15) is 32.7 Å². The fraction of sp³-hybridized carbons (Fsp3) is 0.238. The fourth-order valence-corrected chi connectivity index (χ4v) is 5.46. The Morgan fingerprint density at radius 2 is 1.81 bits per heavy atom. The van der Waals surface area contributed by atoms with E-state index in [2.05, 4.69) is 10.1 Å². The summed E-state index contributed by atoms with van der Waals surface area (Å²) in [7, 11) is -2.83. The van der Waals surface area contributed by atoms with Gasteiger partial charge in [0.15, 0.2) is 5.78 Å². The number of ketones is 1. The van der Waals surface area contributed by atoms with Gasteiger partial charge in [0.1, 0.15) is 6.04 Å². The van der Waals surface area contributed by atoms with Gasteiger partial charge in [0, 0.05) is 29.8 Å². The molecule has 160 valence electrons. The summed E-state index contributed by atoms with van der Waals surface area (Å²) in [5, 5.41) is 2.60. The molecule has 10 heteroatoms. The van der Waals surface area contributed by atoms with Gasteiger partial charge >= 0.3 is 5.97 Å². The number of nitrogens with one attached hydrogen (secondary N) is 1. The first-order chi connectivity index (χ1) is 14.8. The van der Waals surface area contributed by atoms with E-state index in [1.54, 1.807) is 6.07 Å². The van der Waals surface area contributed by atoms with Crippen LogP contribution in [-0.4, -0.2) is 63.1 Å². The zero-order chi connectivity index (χ0) is 22.3. The average Bonchev–Trinajstić information content (AvgIpc) is 2.78. The number of carbonyl (C=O) groups excluding carboxylic acids is 4. The first-order valence-electron chi connectivity index (χ1n) is 9.44. The third-order valence-electron chi connectivity index (χ3n) is 5.36. The Bertz CT molecular complexity index is 1240. The second-order valence-electron chi connectivity index (χ2n) is 7.13. The molecule has 2 aliphatic heterocycles. The molecule has 1 atom stereocenters. The molecule has 2 heterocycles. The molecule has 2 aromatic carbocycles. The highest BCUT2D eigenvalue weighted by Crippen LogP contribution is 2.35. The Hall–Kier alpha value is -3.53. The zero-order valence-electron chi connectivity index (χ0n) is 16.5. The van der Waals surface area contributed by atoms with Gasteiger partial charge in [-0.1, -0.05) is 12.1 Å². The Kier molecular flexibility index (Phi) is 5.10. The molecule has 0 bridgehead atoms.